The van der Waals surface area contributed by atoms with Gasteiger partial charge in [0.25, 0.3) is 0 Å². The first-order valence-corrected chi connectivity index (χ1v) is 8.05. The van der Waals surface area contributed by atoms with Crippen molar-refractivity contribution in [2.75, 3.05) is 42.4 Å². The maximum absolute atomic E-state index is 6.19. The summed E-state index contributed by atoms with van der Waals surface area (Å²) in [5.41, 5.74) is 0. The topological polar surface area (TPSA) is 28.2 Å². The maximum Gasteiger partial charge on any atom is 0.149 e. The highest BCUT2D eigenvalue weighted by Crippen LogP contribution is 2.31. The lowest BCUT2D eigenvalue weighted by atomic mass is 10.4. The summed E-state index contributed by atoms with van der Waals surface area (Å²) in [5.74, 6) is 2.51. The van der Waals surface area contributed by atoms with Gasteiger partial charge in [0.15, 0.2) is 0 Å². The van der Waals surface area contributed by atoms with E-state index < -0.39 is 0 Å². The molecule has 0 saturated carbocycles. The van der Waals surface area contributed by atoms with Crippen molar-refractivity contribution < 1.29 is 0 Å². The van der Waals surface area contributed by atoms with Gasteiger partial charge in [0.1, 0.15) is 11.6 Å². The van der Waals surface area contributed by atoms with E-state index in [2.05, 4.69) is 23.5 Å². The quantitative estimate of drug-likeness (QED) is 0.824. The third kappa shape index (κ3) is 4.41. The molecule has 0 spiro atoms. The molecule has 0 atom stereocenters. The van der Waals surface area contributed by atoms with Gasteiger partial charge in [-0.15, -0.1) is 0 Å². The van der Waals surface area contributed by atoms with Crippen molar-refractivity contribution in [2.45, 2.75) is 13.3 Å². The molecule has 1 aromatic rings. The van der Waals surface area contributed by atoms with Crippen molar-refractivity contribution in [3.63, 3.8) is 0 Å². The van der Waals surface area contributed by atoms with E-state index in [-0.39, 0.29) is 0 Å². The normalized spacial score (nSPS) is 10.5. The number of hydrogen-bond donors (Lipinski definition) is 1. The van der Waals surface area contributed by atoms with Crippen LogP contribution in [0.5, 0.6) is 0 Å². The second-order valence-corrected chi connectivity index (χ2v) is 5.77. The standard InChI is InChI=1S/C12H19Cl2N3S/c1-4-5-15-11-9(13)8-10(14)12(16-11)17(2)6-7-18-3/h8H,4-7H2,1-3H3,(H,15,16). The zero-order valence-electron chi connectivity index (χ0n) is 11.0. The molecule has 18 heavy (non-hydrogen) atoms. The van der Waals surface area contributed by atoms with Crippen LogP contribution in [0.2, 0.25) is 10.0 Å². The van der Waals surface area contributed by atoms with Gasteiger partial charge in [0.2, 0.25) is 0 Å². The van der Waals surface area contributed by atoms with E-state index in [9.17, 15) is 0 Å². The van der Waals surface area contributed by atoms with Gasteiger partial charge in [-0.3, -0.25) is 0 Å². The molecule has 0 saturated heterocycles. The number of nitrogens with one attached hydrogen (secondary N) is 1. The minimum Gasteiger partial charge on any atom is -0.369 e. The number of nitrogens with zero attached hydrogens (tertiary/aromatic N) is 2. The van der Waals surface area contributed by atoms with Gasteiger partial charge in [-0.25, -0.2) is 4.98 Å². The summed E-state index contributed by atoms with van der Waals surface area (Å²) in [6, 6.07) is 1.75. The number of halogens is 2. The molecule has 0 radical (unpaired) electrons. The predicted molar refractivity (Wildman–Crippen MR) is 84.7 cm³/mol. The second-order valence-electron chi connectivity index (χ2n) is 3.97. The Kier molecular flexibility index (Phi) is 6.97. The van der Waals surface area contributed by atoms with Crippen LogP contribution in [-0.4, -0.2) is 37.1 Å². The van der Waals surface area contributed by atoms with Crippen LogP contribution in [0.4, 0.5) is 11.6 Å². The van der Waals surface area contributed by atoms with E-state index in [0.29, 0.717) is 15.9 Å². The predicted octanol–water partition coefficient (Wildman–Crippen LogP) is 4.01. The van der Waals surface area contributed by atoms with Crippen LogP contribution in [0.15, 0.2) is 6.07 Å². The highest BCUT2D eigenvalue weighted by atomic mass is 35.5. The number of aromatic nitrogens is 1. The molecule has 0 unspecified atom stereocenters. The molecular formula is C12H19Cl2N3S. The van der Waals surface area contributed by atoms with Crippen molar-refractivity contribution in [3.05, 3.63) is 16.1 Å². The zero-order valence-corrected chi connectivity index (χ0v) is 13.3. The monoisotopic (exact) mass is 307 g/mol. The highest BCUT2D eigenvalue weighted by Gasteiger charge is 2.12. The molecule has 0 aliphatic heterocycles. The molecule has 1 N–H and O–H groups in total. The highest BCUT2D eigenvalue weighted by molar-refractivity contribution is 7.98. The summed E-state index contributed by atoms with van der Waals surface area (Å²) < 4.78 is 0. The van der Waals surface area contributed by atoms with Crippen molar-refractivity contribution in [1.29, 1.82) is 0 Å². The third-order valence-corrected chi connectivity index (χ3v) is 3.60. The lowest BCUT2D eigenvalue weighted by Crippen LogP contribution is -2.22. The van der Waals surface area contributed by atoms with E-state index in [1.54, 1.807) is 17.8 Å². The van der Waals surface area contributed by atoms with Crippen LogP contribution < -0.4 is 10.2 Å². The molecule has 0 aliphatic carbocycles. The van der Waals surface area contributed by atoms with Crippen LogP contribution >= 0.6 is 35.0 Å². The van der Waals surface area contributed by atoms with Crippen LogP contribution in [-0.2, 0) is 0 Å². The summed E-state index contributed by atoms with van der Waals surface area (Å²) in [4.78, 5) is 6.55. The Morgan fingerprint density at radius 1 is 1.39 bits per heavy atom. The Labute approximate surface area is 123 Å². The smallest absolute Gasteiger partial charge is 0.149 e. The van der Waals surface area contributed by atoms with Crippen LogP contribution in [0.25, 0.3) is 0 Å². The van der Waals surface area contributed by atoms with E-state index in [1.165, 1.54) is 0 Å². The summed E-state index contributed by atoms with van der Waals surface area (Å²) in [7, 11) is 1.99. The zero-order chi connectivity index (χ0) is 13.5. The molecule has 0 fully saturated rings. The van der Waals surface area contributed by atoms with E-state index in [0.717, 1.165) is 31.1 Å². The molecule has 1 rings (SSSR count). The van der Waals surface area contributed by atoms with Crippen molar-refractivity contribution in [2.24, 2.45) is 0 Å². The Hall–Kier alpha value is -0.320. The molecule has 102 valence electrons. The maximum atomic E-state index is 6.19. The Morgan fingerprint density at radius 3 is 2.72 bits per heavy atom. The van der Waals surface area contributed by atoms with Crippen LogP contribution in [0.1, 0.15) is 13.3 Å². The minimum absolute atomic E-state index is 0.565. The van der Waals surface area contributed by atoms with Crippen LogP contribution in [0, 0.1) is 0 Å². The fraction of sp³-hybridized carbons (Fsp3) is 0.583. The first kappa shape index (κ1) is 15.7. The summed E-state index contributed by atoms with van der Waals surface area (Å²) in [6.07, 6.45) is 3.11. The van der Waals surface area contributed by atoms with Gasteiger partial charge >= 0.3 is 0 Å². The van der Waals surface area contributed by atoms with Crippen molar-refractivity contribution >= 4 is 46.6 Å². The molecule has 0 amide bonds. The number of pyridine rings is 1. The third-order valence-electron chi connectivity index (χ3n) is 2.45. The Balaban J connectivity index is 2.89. The van der Waals surface area contributed by atoms with Gasteiger partial charge in [-0.2, -0.15) is 11.8 Å². The lowest BCUT2D eigenvalue weighted by Gasteiger charge is -2.20. The van der Waals surface area contributed by atoms with Gasteiger partial charge in [-0.05, 0) is 18.7 Å². The summed E-state index contributed by atoms with van der Waals surface area (Å²) >= 11 is 14.1. The van der Waals surface area contributed by atoms with Gasteiger partial charge < -0.3 is 10.2 Å². The fourth-order valence-electron chi connectivity index (χ4n) is 1.43. The molecule has 0 aliphatic rings. The lowest BCUT2D eigenvalue weighted by molar-refractivity contribution is 0.934. The molecule has 6 heteroatoms. The SMILES string of the molecule is CCCNc1nc(N(C)CCSC)c(Cl)cc1Cl. The number of thioether (sulfide) groups is 1. The molecule has 0 aromatic carbocycles. The van der Waals surface area contributed by atoms with Crippen molar-refractivity contribution in [3.8, 4) is 0 Å². The number of rotatable bonds is 7. The van der Waals surface area contributed by atoms with Crippen LogP contribution in [0.3, 0.4) is 0 Å². The molecule has 3 nitrogen and oxygen atoms in total. The van der Waals surface area contributed by atoms with E-state index in [4.69, 9.17) is 23.2 Å². The molecule has 0 bridgehead atoms. The van der Waals surface area contributed by atoms with Gasteiger partial charge in [0.05, 0.1) is 10.0 Å². The fourth-order valence-corrected chi connectivity index (χ4v) is 2.45. The number of anilines is 2. The molecule has 1 heterocycles. The number of hydrogen-bond acceptors (Lipinski definition) is 4. The van der Waals surface area contributed by atoms with Gasteiger partial charge in [0, 0.05) is 25.9 Å². The Morgan fingerprint density at radius 2 is 2.11 bits per heavy atom. The molecular weight excluding hydrogens is 289 g/mol. The Bertz CT molecular complexity index is 388. The van der Waals surface area contributed by atoms with E-state index >= 15 is 0 Å². The first-order valence-electron chi connectivity index (χ1n) is 5.90. The minimum atomic E-state index is 0.565. The second kappa shape index (κ2) is 7.97. The molecule has 1 aromatic heterocycles. The van der Waals surface area contributed by atoms with Crippen molar-refractivity contribution in [1.82, 2.24) is 4.98 Å². The average molecular weight is 308 g/mol. The summed E-state index contributed by atoms with van der Waals surface area (Å²) in [5, 5.41) is 4.36. The van der Waals surface area contributed by atoms with E-state index in [1.807, 2.05) is 11.9 Å². The largest absolute Gasteiger partial charge is 0.369 e. The summed E-state index contributed by atoms with van der Waals surface area (Å²) in [6.45, 7) is 3.85. The first-order chi connectivity index (χ1) is 8.60. The van der Waals surface area contributed by atoms with Gasteiger partial charge in [-0.1, -0.05) is 30.1 Å². The average Bonchev–Trinajstić information content (AvgIpc) is 2.35.